The average Bonchev–Trinajstić information content (AvgIpc) is 2.77. The Bertz CT molecular complexity index is 544. The van der Waals surface area contributed by atoms with Gasteiger partial charge in [-0.05, 0) is 24.0 Å². The first-order valence-electron chi connectivity index (χ1n) is 4.82. The van der Waals surface area contributed by atoms with Gasteiger partial charge in [0.2, 0.25) is 5.95 Å². The third kappa shape index (κ3) is 2.75. The molecular weight excluding hydrogens is 262 g/mol. The number of anilines is 1. The van der Waals surface area contributed by atoms with Crippen LogP contribution in [0.5, 0.6) is 0 Å². The molecule has 8 heteroatoms. The Morgan fingerprint density at radius 1 is 1.59 bits per heavy atom. The van der Waals surface area contributed by atoms with E-state index in [-0.39, 0.29) is 17.0 Å². The number of carbonyl (C=O) groups excluding carboxylic acids is 1. The molecule has 0 spiro atoms. The van der Waals surface area contributed by atoms with Crippen molar-refractivity contribution in [3.8, 4) is 0 Å². The molecule has 1 amide bonds. The molecule has 2 aromatic heterocycles. The molecule has 0 radical (unpaired) electrons. The first-order chi connectivity index (χ1) is 8.20. The van der Waals surface area contributed by atoms with Crippen LogP contribution in [0.3, 0.4) is 0 Å². The van der Waals surface area contributed by atoms with Gasteiger partial charge in [0.1, 0.15) is 10.0 Å². The highest BCUT2D eigenvalue weighted by atomic mass is 35.5. The van der Waals surface area contributed by atoms with E-state index >= 15 is 0 Å². The van der Waals surface area contributed by atoms with Gasteiger partial charge in [-0.1, -0.05) is 23.0 Å². The Morgan fingerprint density at radius 2 is 2.41 bits per heavy atom. The van der Waals surface area contributed by atoms with Gasteiger partial charge in [-0.25, -0.2) is 9.97 Å². The van der Waals surface area contributed by atoms with Crippen LogP contribution < -0.4 is 5.32 Å². The Balaban J connectivity index is 2.17. The van der Waals surface area contributed by atoms with E-state index < -0.39 is 0 Å². The molecule has 2 rings (SSSR count). The van der Waals surface area contributed by atoms with Crippen molar-refractivity contribution in [1.29, 1.82) is 0 Å². The van der Waals surface area contributed by atoms with Crippen LogP contribution in [0.25, 0.3) is 0 Å². The van der Waals surface area contributed by atoms with Crippen molar-refractivity contribution in [3.63, 3.8) is 0 Å². The summed E-state index contributed by atoms with van der Waals surface area (Å²) in [6.45, 7) is 1.91. The van der Waals surface area contributed by atoms with Crippen LogP contribution >= 0.6 is 23.1 Å². The van der Waals surface area contributed by atoms with Crippen LogP contribution in [-0.2, 0) is 6.42 Å². The lowest BCUT2D eigenvalue weighted by atomic mass is 10.3. The Hall–Kier alpha value is -1.60. The number of hydrogen-bond acceptors (Lipinski definition) is 6. The molecule has 0 saturated carbocycles. The van der Waals surface area contributed by atoms with E-state index in [1.165, 1.54) is 12.3 Å². The van der Waals surface area contributed by atoms with Crippen molar-refractivity contribution in [1.82, 2.24) is 19.6 Å². The minimum atomic E-state index is -0.320. The number of nitrogens with zero attached hydrogens (tertiary/aromatic N) is 4. The molecule has 0 aliphatic rings. The standard InChI is InChI=1S/C9H8ClN5OS/c1-2-5-7(17-15-14-5)8(16)13-9-11-4-3-6(10)12-9/h3-4H,2H2,1H3,(H,11,12,13,16). The highest BCUT2D eigenvalue weighted by Gasteiger charge is 2.15. The third-order valence-electron chi connectivity index (χ3n) is 1.94. The Morgan fingerprint density at radius 3 is 3.12 bits per heavy atom. The van der Waals surface area contributed by atoms with Crippen LogP contribution in [0.15, 0.2) is 12.3 Å². The van der Waals surface area contributed by atoms with Gasteiger partial charge in [-0.2, -0.15) is 0 Å². The van der Waals surface area contributed by atoms with Crippen LogP contribution in [0, 0.1) is 0 Å². The predicted molar refractivity (Wildman–Crippen MR) is 64.3 cm³/mol. The molecule has 0 aliphatic carbocycles. The van der Waals surface area contributed by atoms with Crippen LogP contribution in [-0.4, -0.2) is 25.5 Å². The molecule has 0 atom stereocenters. The molecule has 0 saturated heterocycles. The van der Waals surface area contributed by atoms with Gasteiger partial charge in [0.05, 0.1) is 5.69 Å². The van der Waals surface area contributed by atoms with Gasteiger partial charge in [-0.15, -0.1) is 5.10 Å². The summed E-state index contributed by atoms with van der Waals surface area (Å²) in [4.78, 5) is 20.1. The molecule has 6 nitrogen and oxygen atoms in total. The van der Waals surface area contributed by atoms with Crippen molar-refractivity contribution < 1.29 is 4.79 Å². The van der Waals surface area contributed by atoms with E-state index in [9.17, 15) is 4.79 Å². The van der Waals surface area contributed by atoms with E-state index in [0.717, 1.165) is 11.5 Å². The fourth-order valence-corrected chi connectivity index (χ4v) is 1.95. The van der Waals surface area contributed by atoms with Gasteiger partial charge < -0.3 is 0 Å². The predicted octanol–water partition coefficient (Wildman–Crippen LogP) is 1.80. The first-order valence-corrected chi connectivity index (χ1v) is 5.97. The lowest BCUT2D eigenvalue weighted by Crippen LogP contribution is -2.14. The second kappa shape index (κ2) is 5.15. The maximum Gasteiger partial charge on any atom is 0.271 e. The van der Waals surface area contributed by atoms with Gasteiger partial charge in [0.15, 0.2) is 0 Å². The van der Waals surface area contributed by atoms with Crippen molar-refractivity contribution >= 4 is 35.0 Å². The van der Waals surface area contributed by atoms with E-state index in [1.807, 2.05) is 6.92 Å². The third-order valence-corrected chi connectivity index (χ3v) is 2.92. The van der Waals surface area contributed by atoms with Gasteiger partial charge in [0, 0.05) is 6.20 Å². The monoisotopic (exact) mass is 269 g/mol. The lowest BCUT2D eigenvalue weighted by molar-refractivity contribution is 0.102. The number of rotatable bonds is 3. The zero-order chi connectivity index (χ0) is 12.3. The molecule has 2 heterocycles. The van der Waals surface area contributed by atoms with Crippen LogP contribution in [0.2, 0.25) is 5.15 Å². The fraction of sp³-hybridized carbons (Fsp3) is 0.222. The van der Waals surface area contributed by atoms with Crippen molar-refractivity contribution in [2.75, 3.05) is 5.32 Å². The topological polar surface area (TPSA) is 80.7 Å². The number of halogens is 1. The second-order valence-corrected chi connectivity index (χ2v) is 4.20. The SMILES string of the molecule is CCc1nnsc1C(=O)Nc1nccc(Cl)n1. The van der Waals surface area contributed by atoms with Crippen molar-refractivity contribution in [3.05, 3.63) is 28.0 Å². The number of nitrogens with one attached hydrogen (secondary N) is 1. The quantitative estimate of drug-likeness (QED) is 0.860. The minimum absolute atomic E-state index is 0.165. The van der Waals surface area contributed by atoms with Gasteiger partial charge in [-0.3, -0.25) is 10.1 Å². The number of carbonyl (C=O) groups is 1. The fourth-order valence-electron chi connectivity index (χ4n) is 1.17. The molecule has 17 heavy (non-hydrogen) atoms. The first kappa shape index (κ1) is 11.9. The molecule has 2 aromatic rings. The van der Waals surface area contributed by atoms with E-state index in [1.54, 1.807) is 0 Å². The molecule has 0 aromatic carbocycles. The summed E-state index contributed by atoms with van der Waals surface area (Å²) < 4.78 is 3.74. The molecule has 0 fully saturated rings. The number of hydrogen-bond donors (Lipinski definition) is 1. The molecule has 88 valence electrons. The van der Waals surface area contributed by atoms with Crippen molar-refractivity contribution in [2.24, 2.45) is 0 Å². The lowest BCUT2D eigenvalue weighted by Gasteiger charge is -2.01. The van der Waals surface area contributed by atoms with E-state index in [2.05, 4.69) is 24.9 Å². The molecule has 0 unspecified atom stereocenters. The Kier molecular flexibility index (Phi) is 3.60. The molecule has 0 aliphatic heterocycles. The molecule has 0 bridgehead atoms. The summed E-state index contributed by atoms with van der Waals surface area (Å²) in [6.07, 6.45) is 2.12. The van der Waals surface area contributed by atoms with Gasteiger partial charge in [0.25, 0.3) is 5.91 Å². The smallest absolute Gasteiger partial charge is 0.271 e. The highest BCUT2D eigenvalue weighted by molar-refractivity contribution is 7.08. The summed E-state index contributed by atoms with van der Waals surface area (Å²) in [5.74, 6) is -0.155. The molecular formula is C9H8ClN5OS. The zero-order valence-corrected chi connectivity index (χ0v) is 10.4. The zero-order valence-electron chi connectivity index (χ0n) is 8.85. The average molecular weight is 270 g/mol. The largest absolute Gasteiger partial charge is 0.290 e. The summed E-state index contributed by atoms with van der Waals surface area (Å²) in [6, 6.07) is 1.53. The number of aryl methyl sites for hydroxylation is 1. The summed E-state index contributed by atoms with van der Waals surface area (Å²) in [7, 11) is 0. The maximum absolute atomic E-state index is 11.9. The summed E-state index contributed by atoms with van der Waals surface area (Å²) in [5.41, 5.74) is 0.662. The van der Waals surface area contributed by atoms with Crippen LogP contribution in [0.4, 0.5) is 5.95 Å². The second-order valence-electron chi connectivity index (χ2n) is 3.06. The van der Waals surface area contributed by atoms with Crippen LogP contribution in [0.1, 0.15) is 22.3 Å². The Labute approximate surface area is 106 Å². The summed E-state index contributed by atoms with van der Waals surface area (Å²) >= 11 is 6.73. The maximum atomic E-state index is 11.9. The minimum Gasteiger partial charge on any atom is -0.290 e. The highest BCUT2D eigenvalue weighted by Crippen LogP contribution is 2.13. The number of amides is 1. The summed E-state index contributed by atoms with van der Waals surface area (Å²) in [5, 5.41) is 6.67. The molecule has 1 N–H and O–H groups in total. The van der Waals surface area contributed by atoms with E-state index in [0.29, 0.717) is 17.0 Å². The van der Waals surface area contributed by atoms with Gasteiger partial charge >= 0.3 is 0 Å². The normalized spacial score (nSPS) is 10.2. The number of aromatic nitrogens is 4. The van der Waals surface area contributed by atoms with E-state index in [4.69, 9.17) is 11.6 Å². The van der Waals surface area contributed by atoms with Crippen molar-refractivity contribution in [2.45, 2.75) is 13.3 Å².